The number of benzene rings is 1. The second-order valence-corrected chi connectivity index (χ2v) is 6.54. The quantitative estimate of drug-likeness (QED) is 0.751. The molecule has 0 radical (unpaired) electrons. The number of hydrogen-bond acceptors (Lipinski definition) is 4. The number of carbonyl (C=O) groups is 2. The van der Waals surface area contributed by atoms with Crippen molar-refractivity contribution in [1.82, 2.24) is 9.80 Å². The molecule has 0 bridgehead atoms. The van der Waals surface area contributed by atoms with Crippen molar-refractivity contribution in [2.24, 2.45) is 0 Å². The summed E-state index contributed by atoms with van der Waals surface area (Å²) in [4.78, 5) is 27.0. The van der Waals surface area contributed by atoms with Crippen LogP contribution in [0.2, 0.25) is 0 Å². The fourth-order valence-corrected chi connectivity index (χ4v) is 3.19. The number of halogens is 2. The first-order valence-electron chi connectivity index (χ1n) is 8.64. The number of likely N-dealkylation sites (N-methyl/N-ethyl adjacent to an activating group) is 1. The van der Waals surface area contributed by atoms with Gasteiger partial charge in [0.2, 0.25) is 5.91 Å². The van der Waals surface area contributed by atoms with Crippen molar-refractivity contribution in [3.8, 4) is 0 Å². The SMILES string of the molecule is CN(CC(=O)O)C1CCCN(CCC(=O)Nc2cccc(F)c2)CC1.Cl. The van der Waals surface area contributed by atoms with Gasteiger partial charge in [-0.1, -0.05) is 6.07 Å². The topological polar surface area (TPSA) is 72.9 Å². The summed E-state index contributed by atoms with van der Waals surface area (Å²) in [5.41, 5.74) is 0.469. The number of amides is 1. The van der Waals surface area contributed by atoms with E-state index in [-0.39, 0.29) is 36.7 Å². The maximum atomic E-state index is 13.1. The van der Waals surface area contributed by atoms with E-state index in [1.165, 1.54) is 12.1 Å². The van der Waals surface area contributed by atoms with Crippen molar-refractivity contribution < 1.29 is 19.1 Å². The fourth-order valence-electron chi connectivity index (χ4n) is 3.19. The molecule has 1 aromatic carbocycles. The highest BCUT2D eigenvalue weighted by Crippen LogP contribution is 2.16. The van der Waals surface area contributed by atoms with Gasteiger partial charge < -0.3 is 15.3 Å². The van der Waals surface area contributed by atoms with Crippen molar-refractivity contribution in [3.05, 3.63) is 30.1 Å². The Bertz CT molecular complexity index is 603. The van der Waals surface area contributed by atoms with Gasteiger partial charge >= 0.3 is 5.97 Å². The van der Waals surface area contributed by atoms with Gasteiger partial charge in [0.1, 0.15) is 5.82 Å². The van der Waals surface area contributed by atoms with E-state index in [0.717, 1.165) is 32.4 Å². The number of carbonyl (C=O) groups excluding carboxylic acids is 1. The molecule has 1 heterocycles. The van der Waals surface area contributed by atoms with Crippen LogP contribution in [0.25, 0.3) is 0 Å². The highest BCUT2D eigenvalue weighted by Gasteiger charge is 2.21. The smallest absolute Gasteiger partial charge is 0.317 e. The van der Waals surface area contributed by atoms with Crippen LogP contribution in [0.3, 0.4) is 0 Å². The highest BCUT2D eigenvalue weighted by molar-refractivity contribution is 5.90. The molecule has 1 saturated heterocycles. The molecule has 0 saturated carbocycles. The van der Waals surface area contributed by atoms with Gasteiger partial charge in [-0.05, 0) is 57.6 Å². The Kier molecular flexibility index (Phi) is 9.54. The van der Waals surface area contributed by atoms with E-state index in [2.05, 4.69) is 10.2 Å². The van der Waals surface area contributed by atoms with Crippen molar-refractivity contribution >= 4 is 30.0 Å². The summed E-state index contributed by atoms with van der Waals surface area (Å²) < 4.78 is 13.1. The lowest BCUT2D eigenvalue weighted by molar-refractivity contribution is -0.138. The molecule has 1 aliphatic rings. The number of carboxylic acid groups (broad SMARTS) is 1. The third-order valence-corrected chi connectivity index (χ3v) is 4.56. The zero-order valence-corrected chi connectivity index (χ0v) is 15.8. The molecule has 6 nitrogen and oxygen atoms in total. The number of nitrogens with zero attached hydrogens (tertiary/aromatic N) is 2. The number of anilines is 1. The van der Waals surface area contributed by atoms with E-state index in [4.69, 9.17) is 5.11 Å². The van der Waals surface area contributed by atoms with Gasteiger partial charge in [-0.2, -0.15) is 0 Å². The number of carboxylic acids is 1. The first-order valence-corrected chi connectivity index (χ1v) is 8.64. The fraction of sp³-hybridized carbons (Fsp3) is 0.556. The standard InChI is InChI=1S/C18H26FN3O3.ClH/c1-21(13-18(24)25)16-6-3-9-22(10-7-16)11-8-17(23)20-15-5-2-4-14(19)12-15;/h2,4-5,12,16H,3,6-11,13H2,1H3,(H,20,23)(H,24,25);1H. The maximum Gasteiger partial charge on any atom is 0.317 e. The van der Waals surface area contributed by atoms with Crippen LogP contribution in [0.1, 0.15) is 25.7 Å². The molecule has 146 valence electrons. The number of aliphatic carboxylic acids is 1. The molecule has 1 aromatic rings. The molecular weight excluding hydrogens is 361 g/mol. The molecule has 2 N–H and O–H groups in total. The molecule has 2 rings (SSSR count). The van der Waals surface area contributed by atoms with Crippen molar-refractivity contribution in [1.29, 1.82) is 0 Å². The summed E-state index contributed by atoms with van der Waals surface area (Å²) in [7, 11) is 1.85. The van der Waals surface area contributed by atoms with Gasteiger partial charge in [0.05, 0.1) is 6.54 Å². The van der Waals surface area contributed by atoms with Gasteiger partial charge in [0.15, 0.2) is 0 Å². The van der Waals surface area contributed by atoms with Gasteiger partial charge in [-0.3, -0.25) is 14.5 Å². The zero-order valence-electron chi connectivity index (χ0n) is 15.0. The Morgan fingerprint density at radius 3 is 2.81 bits per heavy atom. The molecule has 1 atom stereocenters. The summed E-state index contributed by atoms with van der Waals surface area (Å²) in [5.74, 6) is -1.31. The molecule has 26 heavy (non-hydrogen) atoms. The summed E-state index contributed by atoms with van der Waals surface area (Å²) in [6.45, 7) is 2.46. The largest absolute Gasteiger partial charge is 0.480 e. The predicted octanol–water partition coefficient (Wildman–Crippen LogP) is 2.45. The van der Waals surface area contributed by atoms with Crippen LogP contribution in [0.5, 0.6) is 0 Å². The van der Waals surface area contributed by atoms with E-state index in [9.17, 15) is 14.0 Å². The summed E-state index contributed by atoms with van der Waals surface area (Å²) in [6, 6.07) is 6.13. The van der Waals surface area contributed by atoms with Crippen LogP contribution in [-0.4, -0.2) is 66.1 Å². The van der Waals surface area contributed by atoms with Gasteiger partial charge in [0.25, 0.3) is 0 Å². The van der Waals surface area contributed by atoms with Crippen molar-refractivity contribution in [2.45, 2.75) is 31.7 Å². The highest BCUT2D eigenvalue weighted by atomic mass is 35.5. The monoisotopic (exact) mass is 387 g/mol. The van der Waals surface area contributed by atoms with Crippen molar-refractivity contribution in [3.63, 3.8) is 0 Å². The number of hydrogen-bond donors (Lipinski definition) is 2. The molecule has 0 aliphatic carbocycles. The Hall–Kier alpha value is -1.70. The number of rotatable bonds is 7. The minimum Gasteiger partial charge on any atom is -0.480 e. The lowest BCUT2D eigenvalue weighted by Gasteiger charge is -2.25. The van der Waals surface area contributed by atoms with Gasteiger partial charge in [-0.15, -0.1) is 12.4 Å². The van der Waals surface area contributed by atoms with Crippen LogP contribution in [0.4, 0.5) is 10.1 Å². The minimum atomic E-state index is -0.808. The molecule has 1 amide bonds. The average molecular weight is 388 g/mol. The van der Waals surface area contributed by atoms with Gasteiger partial charge in [-0.25, -0.2) is 4.39 Å². The Morgan fingerprint density at radius 2 is 2.12 bits per heavy atom. The summed E-state index contributed by atoms with van der Waals surface area (Å²) in [5, 5.41) is 11.6. The molecule has 0 aromatic heterocycles. The average Bonchev–Trinajstić information content (AvgIpc) is 2.78. The van der Waals surface area contributed by atoms with E-state index in [1.807, 2.05) is 11.9 Å². The number of likely N-dealkylation sites (tertiary alicyclic amines) is 1. The van der Waals surface area contributed by atoms with Crippen LogP contribution in [0.15, 0.2) is 24.3 Å². The van der Waals surface area contributed by atoms with E-state index < -0.39 is 5.97 Å². The van der Waals surface area contributed by atoms with Gasteiger partial charge in [0, 0.05) is 24.7 Å². The van der Waals surface area contributed by atoms with Crippen LogP contribution < -0.4 is 5.32 Å². The van der Waals surface area contributed by atoms with E-state index >= 15 is 0 Å². The second-order valence-electron chi connectivity index (χ2n) is 6.54. The zero-order chi connectivity index (χ0) is 18.2. The molecule has 1 aliphatic heterocycles. The Labute approximate surface area is 159 Å². The Morgan fingerprint density at radius 1 is 1.35 bits per heavy atom. The molecule has 8 heteroatoms. The first-order chi connectivity index (χ1) is 11.9. The van der Waals surface area contributed by atoms with Crippen LogP contribution in [-0.2, 0) is 9.59 Å². The molecule has 0 spiro atoms. The third-order valence-electron chi connectivity index (χ3n) is 4.56. The molecule has 1 fully saturated rings. The van der Waals surface area contributed by atoms with Crippen molar-refractivity contribution in [2.75, 3.05) is 38.5 Å². The molecular formula is C18H27ClFN3O3. The Balaban J connectivity index is 0.00000338. The summed E-state index contributed by atoms with van der Waals surface area (Å²) in [6.07, 6.45) is 3.21. The first kappa shape index (κ1) is 22.3. The normalized spacial score (nSPS) is 18.0. The molecule has 1 unspecified atom stereocenters. The van der Waals surface area contributed by atoms with E-state index in [1.54, 1.807) is 12.1 Å². The third kappa shape index (κ3) is 7.68. The van der Waals surface area contributed by atoms with Crippen LogP contribution >= 0.6 is 12.4 Å². The minimum absolute atomic E-state index is 0. The van der Waals surface area contributed by atoms with Crippen LogP contribution in [0, 0.1) is 5.82 Å². The lowest BCUT2D eigenvalue weighted by atomic mass is 10.1. The second kappa shape index (κ2) is 11.1. The summed E-state index contributed by atoms with van der Waals surface area (Å²) >= 11 is 0. The lowest BCUT2D eigenvalue weighted by Crippen LogP contribution is -2.36. The number of nitrogens with one attached hydrogen (secondary N) is 1. The predicted molar refractivity (Wildman–Crippen MR) is 101 cm³/mol. The van der Waals surface area contributed by atoms with E-state index in [0.29, 0.717) is 18.7 Å². The maximum absolute atomic E-state index is 13.1.